The van der Waals surface area contributed by atoms with Gasteiger partial charge in [0.25, 0.3) is 0 Å². The van der Waals surface area contributed by atoms with Crippen LogP contribution in [0.4, 0.5) is 0 Å². The molecule has 0 aliphatic heterocycles. The summed E-state index contributed by atoms with van der Waals surface area (Å²) in [5, 5.41) is 3.80. The van der Waals surface area contributed by atoms with Crippen LogP contribution in [0.25, 0.3) is 0 Å². The number of nitrogens with zero attached hydrogens (tertiary/aromatic N) is 2. The molecule has 0 aromatic carbocycles. The first kappa shape index (κ1) is 12.8. The zero-order valence-corrected chi connectivity index (χ0v) is 10.0. The Balaban J connectivity index is 2.48. The van der Waals surface area contributed by atoms with Crippen molar-refractivity contribution in [2.45, 2.75) is 45.6 Å². The van der Waals surface area contributed by atoms with Gasteiger partial charge in [0.05, 0.1) is 12.5 Å². The maximum absolute atomic E-state index is 11.3. The molecule has 0 aliphatic rings. The molecule has 1 aromatic heterocycles. The SMILES string of the molecule is CCCC(=O)Cc1nc(CC(C)OC)no1. The van der Waals surface area contributed by atoms with Gasteiger partial charge in [0, 0.05) is 20.0 Å². The summed E-state index contributed by atoms with van der Waals surface area (Å²) in [6, 6.07) is 0. The van der Waals surface area contributed by atoms with Crippen LogP contribution in [-0.4, -0.2) is 29.1 Å². The van der Waals surface area contributed by atoms with Gasteiger partial charge in [-0.3, -0.25) is 4.79 Å². The van der Waals surface area contributed by atoms with Crippen molar-refractivity contribution in [3.63, 3.8) is 0 Å². The van der Waals surface area contributed by atoms with Crippen molar-refractivity contribution in [3.05, 3.63) is 11.7 Å². The van der Waals surface area contributed by atoms with Gasteiger partial charge in [0.15, 0.2) is 5.82 Å². The Hall–Kier alpha value is -1.23. The lowest BCUT2D eigenvalue weighted by Gasteiger charge is -2.03. The number of hydrogen-bond acceptors (Lipinski definition) is 5. The van der Waals surface area contributed by atoms with Gasteiger partial charge in [0.2, 0.25) is 5.89 Å². The Morgan fingerprint density at radius 1 is 1.56 bits per heavy atom. The van der Waals surface area contributed by atoms with E-state index in [1.807, 2.05) is 13.8 Å². The molecule has 0 spiro atoms. The number of hydrogen-bond donors (Lipinski definition) is 0. The van der Waals surface area contributed by atoms with Gasteiger partial charge in [-0.15, -0.1) is 0 Å². The number of rotatable bonds is 7. The molecule has 16 heavy (non-hydrogen) atoms. The third-order valence-electron chi connectivity index (χ3n) is 2.26. The van der Waals surface area contributed by atoms with E-state index in [4.69, 9.17) is 9.26 Å². The fraction of sp³-hybridized carbons (Fsp3) is 0.727. The van der Waals surface area contributed by atoms with E-state index in [1.54, 1.807) is 7.11 Å². The summed E-state index contributed by atoms with van der Waals surface area (Å²) in [4.78, 5) is 15.5. The van der Waals surface area contributed by atoms with Gasteiger partial charge in [-0.2, -0.15) is 4.98 Å². The third kappa shape index (κ3) is 4.10. The van der Waals surface area contributed by atoms with E-state index >= 15 is 0 Å². The summed E-state index contributed by atoms with van der Waals surface area (Å²) < 4.78 is 10.1. The van der Waals surface area contributed by atoms with Crippen molar-refractivity contribution in [3.8, 4) is 0 Å². The number of methoxy groups -OCH3 is 1. The second kappa shape index (κ2) is 6.37. The highest BCUT2D eigenvalue weighted by atomic mass is 16.5. The molecule has 0 radical (unpaired) electrons. The van der Waals surface area contributed by atoms with Crippen LogP contribution in [0.15, 0.2) is 4.52 Å². The van der Waals surface area contributed by atoms with Crippen molar-refractivity contribution >= 4 is 5.78 Å². The van der Waals surface area contributed by atoms with E-state index < -0.39 is 0 Å². The zero-order chi connectivity index (χ0) is 12.0. The average Bonchev–Trinajstić information content (AvgIpc) is 2.65. The van der Waals surface area contributed by atoms with Crippen molar-refractivity contribution in [2.24, 2.45) is 0 Å². The van der Waals surface area contributed by atoms with Gasteiger partial charge >= 0.3 is 0 Å². The van der Waals surface area contributed by atoms with E-state index in [-0.39, 0.29) is 18.3 Å². The minimum Gasteiger partial charge on any atom is -0.381 e. The van der Waals surface area contributed by atoms with E-state index in [0.717, 1.165) is 6.42 Å². The quantitative estimate of drug-likeness (QED) is 0.705. The van der Waals surface area contributed by atoms with Crippen LogP contribution in [0.3, 0.4) is 0 Å². The molecule has 0 saturated carbocycles. The predicted molar refractivity (Wildman–Crippen MR) is 58.1 cm³/mol. The first-order valence-electron chi connectivity index (χ1n) is 5.51. The first-order valence-corrected chi connectivity index (χ1v) is 5.51. The highest BCUT2D eigenvalue weighted by Crippen LogP contribution is 2.05. The van der Waals surface area contributed by atoms with Crippen molar-refractivity contribution in [2.75, 3.05) is 7.11 Å². The molecule has 0 bridgehead atoms. The first-order chi connectivity index (χ1) is 7.65. The summed E-state index contributed by atoms with van der Waals surface area (Å²) in [6.07, 6.45) is 2.30. The highest BCUT2D eigenvalue weighted by Gasteiger charge is 2.12. The topological polar surface area (TPSA) is 65.2 Å². The molecule has 0 saturated heterocycles. The van der Waals surface area contributed by atoms with Crippen LogP contribution >= 0.6 is 0 Å². The van der Waals surface area contributed by atoms with E-state index in [2.05, 4.69) is 10.1 Å². The summed E-state index contributed by atoms with van der Waals surface area (Å²) >= 11 is 0. The smallest absolute Gasteiger partial charge is 0.234 e. The standard InChI is InChI=1S/C11H18N2O3/c1-4-5-9(14)7-11-12-10(13-16-11)6-8(2)15-3/h8H,4-7H2,1-3H3. The molecule has 5 heteroatoms. The van der Waals surface area contributed by atoms with Gasteiger partial charge in [0.1, 0.15) is 5.78 Å². The number of carbonyl (C=O) groups is 1. The second-order valence-electron chi connectivity index (χ2n) is 3.82. The lowest BCUT2D eigenvalue weighted by molar-refractivity contribution is -0.118. The van der Waals surface area contributed by atoms with Gasteiger partial charge in [-0.05, 0) is 13.3 Å². The number of aromatic nitrogens is 2. The minimum absolute atomic E-state index is 0.0526. The van der Waals surface area contributed by atoms with Crippen molar-refractivity contribution in [1.82, 2.24) is 10.1 Å². The minimum atomic E-state index is 0.0526. The predicted octanol–water partition coefficient (Wildman–Crippen LogP) is 1.56. The van der Waals surface area contributed by atoms with Crippen LogP contribution in [0.2, 0.25) is 0 Å². The van der Waals surface area contributed by atoms with E-state index in [9.17, 15) is 4.79 Å². The molecule has 90 valence electrons. The highest BCUT2D eigenvalue weighted by molar-refractivity contribution is 5.79. The summed E-state index contributed by atoms with van der Waals surface area (Å²) in [6.45, 7) is 3.90. The van der Waals surface area contributed by atoms with E-state index in [0.29, 0.717) is 24.6 Å². The molecule has 1 atom stereocenters. The molecule has 1 aromatic rings. The molecule has 0 amide bonds. The van der Waals surface area contributed by atoms with Crippen LogP contribution in [-0.2, 0) is 22.4 Å². The van der Waals surface area contributed by atoms with Gasteiger partial charge in [-0.1, -0.05) is 12.1 Å². The van der Waals surface area contributed by atoms with Crippen LogP contribution in [0.5, 0.6) is 0 Å². The summed E-state index contributed by atoms with van der Waals surface area (Å²) in [7, 11) is 1.64. The van der Waals surface area contributed by atoms with Crippen molar-refractivity contribution < 1.29 is 14.1 Å². The number of Topliss-reactive ketones (excluding diaryl/α,β-unsaturated/α-hetero) is 1. The lowest BCUT2D eigenvalue weighted by atomic mass is 10.2. The molecule has 1 rings (SSSR count). The molecule has 5 nitrogen and oxygen atoms in total. The Morgan fingerprint density at radius 3 is 2.94 bits per heavy atom. The average molecular weight is 226 g/mol. The fourth-order valence-electron chi connectivity index (χ4n) is 1.32. The third-order valence-corrected chi connectivity index (χ3v) is 2.26. The Labute approximate surface area is 95.2 Å². The van der Waals surface area contributed by atoms with Gasteiger partial charge in [-0.25, -0.2) is 0 Å². The number of ether oxygens (including phenoxy) is 1. The van der Waals surface area contributed by atoms with E-state index in [1.165, 1.54) is 0 Å². The molecular weight excluding hydrogens is 208 g/mol. The number of ketones is 1. The van der Waals surface area contributed by atoms with Crippen LogP contribution in [0, 0.1) is 0 Å². The van der Waals surface area contributed by atoms with Gasteiger partial charge < -0.3 is 9.26 Å². The molecule has 1 heterocycles. The Bertz CT molecular complexity index is 336. The monoisotopic (exact) mass is 226 g/mol. The molecular formula is C11H18N2O3. The Kier molecular flexibility index (Phi) is 5.11. The molecule has 1 unspecified atom stereocenters. The zero-order valence-electron chi connectivity index (χ0n) is 10.0. The fourth-order valence-corrected chi connectivity index (χ4v) is 1.32. The molecule has 0 N–H and O–H groups in total. The summed E-state index contributed by atoms with van der Waals surface area (Å²) in [5.41, 5.74) is 0. The van der Waals surface area contributed by atoms with Crippen LogP contribution in [0.1, 0.15) is 38.4 Å². The number of carbonyl (C=O) groups excluding carboxylic acids is 1. The maximum atomic E-state index is 11.3. The lowest BCUT2D eigenvalue weighted by Crippen LogP contribution is -2.10. The molecule has 0 aliphatic carbocycles. The van der Waals surface area contributed by atoms with Crippen molar-refractivity contribution in [1.29, 1.82) is 0 Å². The molecule has 0 fully saturated rings. The second-order valence-corrected chi connectivity index (χ2v) is 3.82. The normalized spacial score (nSPS) is 12.7. The summed E-state index contributed by atoms with van der Waals surface area (Å²) in [5.74, 6) is 1.13. The van der Waals surface area contributed by atoms with Crippen LogP contribution < -0.4 is 0 Å². The Morgan fingerprint density at radius 2 is 2.31 bits per heavy atom. The largest absolute Gasteiger partial charge is 0.381 e. The maximum Gasteiger partial charge on any atom is 0.234 e.